The van der Waals surface area contributed by atoms with E-state index in [-0.39, 0.29) is 36.0 Å². The number of fused-ring (bicyclic) bond motifs is 2. The van der Waals surface area contributed by atoms with E-state index in [1.165, 1.54) is 12.1 Å². The number of amides is 1. The second-order valence-electron chi connectivity index (χ2n) is 5.19. The van der Waals surface area contributed by atoms with Gasteiger partial charge in [0.25, 0.3) is 5.91 Å². The minimum absolute atomic E-state index is 0. The molecule has 20 heavy (non-hydrogen) atoms. The monoisotopic (exact) mass is 302 g/mol. The van der Waals surface area contributed by atoms with Crippen molar-refractivity contribution in [2.45, 2.75) is 31.3 Å². The number of nitrogens with zero attached hydrogens (tertiary/aromatic N) is 1. The molecule has 2 heterocycles. The van der Waals surface area contributed by atoms with Crippen molar-refractivity contribution in [1.82, 2.24) is 10.2 Å². The summed E-state index contributed by atoms with van der Waals surface area (Å²) in [4.78, 5) is 14.2. The first-order valence-electron chi connectivity index (χ1n) is 6.66. The summed E-state index contributed by atoms with van der Waals surface area (Å²) in [7, 11) is 0. The fourth-order valence-electron chi connectivity index (χ4n) is 3.12. The second kappa shape index (κ2) is 6.06. The summed E-state index contributed by atoms with van der Waals surface area (Å²) in [5.41, 5.74) is -0.154. The number of rotatable bonds is 1. The second-order valence-corrected chi connectivity index (χ2v) is 5.19. The lowest BCUT2D eigenvalue weighted by molar-refractivity contribution is 0.0674. The molecule has 1 aromatic rings. The minimum Gasteiger partial charge on any atom is -0.331 e. The fraction of sp³-hybridized carbons (Fsp3) is 0.500. The van der Waals surface area contributed by atoms with Gasteiger partial charge in [-0.1, -0.05) is 6.07 Å². The summed E-state index contributed by atoms with van der Waals surface area (Å²) in [5.74, 6) is -2.39. The smallest absolute Gasteiger partial charge is 0.257 e. The molecule has 2 unspecified atom stereocenters. The standard InChI is InChI=1S/C14H16F2N2O.ClH/c15-12-3-1-2-11(13(12)16)14(19)18-9-4-5-10(18)8-17-7-6-9;/h1-3,9-10,17H,4-8H2;1H. The van der Waals surface area contributed by atoms with Crippen molar-refractivity contribution in [1.29, 1.82) is 0 Å². The van der Waals surface area contributed by atoms with Crippen LogP contribution in [0.25, 0.3) is 0 Å². The maximum Gasteiger partial charge on any atom is 0.257 e. The molecule has 2 aliphatic rings. The van der Waals surface area contributed by atoms with E-state index in [9.17, 15) is 13.6 Å². The number of carbonyl (C=O) groups is 1. The van der Waals surface area contributed by atoms with Crippen molar-refractivity contribution >= 4 is 18.3 Å². The van der Waals surface area contributed by atoms with Crippen LogP contribution >= 0.6 is 12.4 Å². The Hall–Kier alpha value is -1.20. The quantitative estimate of drug-likeness (QED) is 0.864. The Morgan fingerprint density at radius 1 is 1.20 bits per heavy atom. The van der Waals surface area contributed by atoms with E-state index in [2.05, 4.69) is 5.32 Å². The van der Waals surface area contributed by atoms with E-state index in [0.717, 1.165) is 38.4 Å². The topological polar surface area (TPSA) is 32.3 Å². The fourth-order valence-corrected chi connectivity index (χ4v) is 3.12. The first kappa shape index (κ1) is 15.2. The lowest BCUT2D eigenvalue weighted by Gasteiger charge is -2.28. The normalized spacial score (nSPS) is 25.0. The molecule has 0 spiro atoms. The summed E-state index contributed by atoms with van der Waals surface area (Å²) < 4.78 is 27.0. The van der Waals surface area contributed by atoms with Gasteiger partial charge in [0.15, 0.2) is 11.6 Å². The number of carbonyl (C=O) groups excluding carboxylic acids is 1. The Morgan fingerprint density at radius 3 is 2.75 bits per heavy atom. The SMILES string of the molecule is Cl.O=C(c1cccc(F)c1F)N1C2CCNCC1CC2. The van der Waals surface area contributed by atoms with Crippen LogP contribution < -0.4 is 5.32 Å². The maximum atomic E-state index is 13.7. The van der Waals surface area contributed by atoms with E-state index < -0.39 is 11.6 Å². The zero-order chi connectivity index (χ0) is 13.4. The Labute approximate surface area is 122 Å². The highest BCUT2D eigenvalue weighted by Gasteiger charge is 2.39. The highest BCUT2D eigenvalue weighted by atomic mass is 35.5. The zero-order valence-electron chi connectivity index (χ0n) is 10.9. The molecule has 1 N–H and O–H groups in total. The molecule has 2 fully saturated rings. The van der Waals surface area contributed by atoms with Gasteiger partial charge in [-0.2, -0.15) is 0 Å². The molecule has 2 aliphatic heterocycles. The largest absolute Gasteiger partial charge is 0.331 e. The average Bonchev–Trinajstić information content (AvgIpc) is 2.65. The van der Waals surface area contributed by atoms with E-state index in [0.29, 0.717) is 0 Å². The number of benzene rings is 1. The Kier molecular flexibility index (Phi) is 4.60. The van der Waals surface area contributed by atoms with Gasteiger partial charge in [-0.15, -0.1) is 12.4 Å². The molecule has 0 radical (unpaired) electrons. The van der Waals surface area contributed by atoms with Crippen LogP contribution in [-0.2, 0) is 0 Å². The molecule has 2 saturated heterocycles. The first-order chi connectivity index (χ1) is 9.18. The van der Waals surface area contributed by atoms with Crippen molar-refractivity contribution in [3.05, 3.63) is 35.4 Å². The molecule has 0 aromatic heterocycles. The van der Waals surface area contributed by atoms with E-state index in [1.807, 2.05) is 0 Å². The molecule has 6 heteroatoms. The van der Waals surface area contributed by atoms with Crippen LogP contribution in [0.4, 0.5) is 8.78 Å². The lowest BCUT2D eigenvalue weighted by atomic mass is 10.1. The molecule has 0 saturated carbocycles. The van der Waals surface area contributed by atoms with Gasteiger partial charge in [0.1, 0.15) is 0 Å². The highest BCUT2D eigenvalue weighted by molar-refractivity contribution is 5.95. The predicted molar refractivity (Wildman–Crippen MR) is 74.1 cm³/mol. The van der Waals surface area contributed by atoms with E-state index in [1.54, 1.807) is 4.90 Å². The molecule has 110 valence electrons. The Bertz CT molecular complexity index is 498. The maximum absolute atomic E-state index is 13.7. The van der Waals surface area contributed by atoms with Gasteiger partial charge < -0.3 is 10.2 Å². The number of nitrogens with one attached hydrogen (secondary N) is 1. The van der Waals surface area contributed by atoms with E-state index in [4.69, 9.17) is 0 Å². The molecule has 3 rings (SSSR count). The van der Waals surface area contributed by atoms with Gasteiger partial charge in [0.05, 0.1) is 5.56 Å². The van der Waals surface area contributed by atoms with Crippen LogP contribution in [0.15, 0.2) is 18.2 Å². The van der Waals surface area contributed by atoms with Gasteiger partial charge >= 0.3 is 0 Å². The molecule has 0 aliphatic carbocycles. The molecule has 1 amide bonds. The Balaban J connectivity index is 0.00000147. The van der Waals surface area contributed by atoms with Crippen molar-refractivity contribution in [2.75, 3.05) is 13.1 Å². The van der Waals surface area contributed by atoms with Crippen molar-refractivity contribution in [2.24, 2.45) is 0 Å². The third-order valence-corrected chi connectivity index (χ3v) is 4.07. The lowest BCUT2D eigenvalue weighted by Crippen LogP contribution is -2.42. The number of halogens is 3. The number of hydrogen-bond acceptors (Lipinski definition) is 2. The molecule has 3 nitrogen and oxygen atoms in total. The summed E-state index contributed by atoms with van der Waals surface area (Å²) in [6.07, 6.45) is 2.76. The number of hydrogen-bond donors (Lipinski definition) is 1. The highest BCUT2D eigenvalue weighted by Crippen LogP contribution is 2.30. The summed E-state index contributed by atoms with van der Waals surface area (Å²) in [6.45, 7) is 1.61. The summed E-state index contributed by atoms with van der Waals surface area (Å²) >= 11 is 0. The van der Waals surface area contributed by atoms with Gasteiger partial charge in [0.2, 0.25) is 0 Å². The molecule has 2 atom stereocenters. The van der Waals surface area contributed by atoms with Gasteiger partial charge in [-0.05, 0) is 37.9 Å². The zero-order valence-corrected chi connectivity index (χ0v) is 11.8. The molecular weight excluding hydrogens is 286 g/mol. The first-order valence-corrected chi connectivity index (χ1v) is 6.66. The Morgan fingerprint density at radius 2 is 1.95 bits per heavy atom. The van der Waals surface area contributed by atoms with Crippen LogP contribution in [0.5, 0.6) is 0 Å². The van der Waals surface area contributed by atoms with Crippen LogP contribution in [-0.4, -0.2) is 36.0 Å². The summed E-state index contributed by atoms with van der Waals surface area (Å²) in [6, 6.07) is 4.02. The third kappa shape index (κ3) is 2.52. The van der Waals surface area contributed by atoms with Crippen molar-refractivity contribution in [3.8, 4) is 0 Å². The predicted octanol–water partition coefficient (Wildman–Crippen LogP) is 2.35. The molecule has 1 aromatic carbocycles. The van der Waals surface area contributed by atoms with Crippen LogP contribution in [0.3, 0.4) is 0 Å². The van der Waals surface area contributed by atoms with Crippen LogP contribution in [0.1, 0.15) is 29.6 Å². The summed E-state index contributed by atoms with van der Waals surface area (Å²) in [5, 5.41) is 3.28. The van der Waals surface area contributed by atoms with Gasteiger partial charge in [0, 0.05) is 18.6 Å². The van der Waals surface area contributed by atoms with Crippen molar-refractivity contribution < 1.29 is 13.6 Å². The molecule has 2 bridgehead atoms. The van der Waals surface area contributed by atoms with Gasteiger partial charge in [-0.3, -0.25) is 4.79 Å². The molecular formula is C14H17ClF2N2O. The third-order valence-electron chi connectivity index (χ3n) is 4.07. The van der Waals surface area contributed by atoms with Gasteiger partial charge in [-0.25, -0.2) is 8.78 Å². The van der Waals surface area contributed by atoms with E-state index >= 15 is 0 Å². The van der Waals surface area contributed by atoms with Crippen molar-refractivity contribution in [3.63, 3.8) is 0 Å². The van der Waals surface area contributed by atoms with Crippen LogP contribution in [0.2, 0.25) is 0 Å². The average molecular weight is 303 g/mol. The van der Waals surface area contributed by atoms with Crippen LogP contribution in [0, 0.1) is 11.6 Å². The minimum atomic E-state index is -1.04.